The van der Waals surface area contributed by atoms with Gasteiger partial charge in [-0.1, -0.05) is 0 Å². The standard InChI is InChI=1S/C21H20N4O6S/c1-31-21(30)24-9-8-13-14(10-24)32-20(17(13)18(22)28)23-19(29)11-2-4-12(5-3-11)25-15(26)6-7-16(25)27/h2-5H,6-10H2,1H3,(H2,22,28)(H,23,29). The molecule has 2 aliphatic heterocycles. The van der Waals surface area contributed by atoms with E-state index in [0.717, 1.165) is 15.3 Å². The molecule has 1 saturated heterocycles. The first-order chi connectivity index (χ1) is 15.3. The number of fused-ring (bicyclic) bond motifs is 1. The van der Waals surface area contributed by atoms with Crippen molar-refractivity contribution in [2.75, 3.05) is 23.9 Å². The number of imide groups is 1. The molecule has 0 radical (unpaired) electrons. The summed E-state index contributed by atoms with van der Waals surface area (Å²) < 4.78 is 4.76. The van der Waals surface area contributed by atoms with E-state index in [0.29, 0.717) is 23.7 Å². The smallest absolute Gasteiger partial charge is 0.409 e. The molecule has 1 aromatic heterocycles. The molecular formula is C21H20N4O6S. The van der Waals surface area contributed by atoms with E-state index in [9.17, 15) is 24.0 Å². The molecule has 0 unspecified atom stereocenters. The number of anilines is 2. The molecule has 1 fully saturated rings. The Balaban J connectivity index is 1.55. The normalized spacial score (nSPS) is 15.5. The second-order valence-corrected chi connectivity index (χ2v) is 8.44. The minimum absolute atomic E-state index is 0.174. The highest BCUT2D eigenvalue weighted by Crippen LogP contribution is 2.37. The molecular weight excluding hydrogens is 436 g/mol. The number of nitrogens with two attached hydrogens (primary N) is 1. The Morgan fingerprint density at radius 1 is 1.06 bits per heavy atom. The Hall–Kier alpha value is -3.73. The van der Waals surface area contributed by atoms with Gasteiger partial charge in [0, 0.05) is 29.8 Å². The molecule has 0 atom stereocenters. The molecule has 0 bridgehead atoms. The van der Waals surface area contributed by atoms with Crippen molar-refractivity contribution in [3.05, 3.63) is 45.8 Å². The number of ether oxygens (including phenoxy) is 1. The number of benzene rings is 1. The molecule has 0 aliphatic carbocycles. The van der Waals surface area contributed by atoms with Crippen LogP contribution >= 0.6 is 11.3 Å². The Kier molecular flexibility index (Phi) is 5.66. The van der Waals surface area contributed by atoms with Gasteiger partial charge in [0.05, 0.1) is 24.9 Å². The van der Waals surface area contributed by atoms with Gasteiger partial charge in [-0.15, -0.1) is 11.3 Å². The fourth-order valence-electron chi connectivity index (χ4n) is 3.84. The van der Waals surface area contributed by atoms with E-state index in [4.69, 9.17) is 10.5 Å². The van der Waals surface area contributed by atoms with Crippen molar-refractivity contribution in [3.63, 3.8) is 0 Å². The molecule has 1 aromatic carbocycles. The average Bonchev–Trinajstić information content (AvgIpc) is 3.31. The third-order valence-corrected chi connectivity index (χ3v) is 6.53. The van der Waals surface area contributed by atoms with Gasteiger partial charge >= 0.3 is 6.09 Å². The first-order valence-electron chi connectivity index (χ1n) is 9.84. The average molecular weight is 456 g/mol. The summed E-state index contributed by atoms with van der Waals surface area (Å²) in [6.07, 6.45) is 0.299. The third-order valence-electron chi connectivity index (χ3n) is 5.40. The van der Waals surface area contributed by atoms with Crippen LogP contribution in [0.25, 0.3) is 0 Å². The highest BCUT2D eigenvalue weighted by Gasteiger charge is 2.31. The van der Waals surface area contributed by atoms with E-state index in [1.807, 2.05) is 0 Å². The molecule has 10 nitrogen and oxygen atoms in total. The van der Waals surface area contributed by atoms with Crippen LogP contribution in [0.15, 0.2) is 24.3 Å². The van der Waals surface area contributed by atoms with Crippen molar-refractivity contribution in [1.82, 2.24) is 4.90 Å². The van der Waals surface area contributed by atoms with Crippen molar-refractivity contribution >= 4 is 51.7 Å². The largest absolute Gasteiger partial charge is 0.453 e. The Bertz CT molecular complexity index is 1120. The number of carbonyl (C=O) groups excluding carboxylic acids is 5. The summed E-state index contributed by atoms with van der Waals surface area (Å²) in [5.74, 6) is -1.68. The van der Waals surface area contributed by atoms with Crippen LogP contribution < -0.4 is 16.0 Å². The zero-order chi connectivity index (χ0) is 23.0. The third kappa shape index (κ3) is 3.82. The summed E-state index contributed by atoms with van der Waals surface area (Å²) in [4.78, 5) is 63.9. The van der Waals surface area contributed by atoms with Crippen LogP contribution in [0.5, 0.6) is 0 Å². The molecule has 4 rings (SSSR count). The topological polar surface area (TPSA) is 139 Å². The van der Waals surface area contributed by atoms with Crippen molar-refractivity contribution in [2.24, 2.45) is 5.73 Å². The number of nitrogens with one attached hydrogen (secondary N) is 1. The van der Waals surface area contributed by atoms with E-state index in [1.54, 1.807) is 0 Å². The highest BCUT2D eigenvalue weighted by molar-refractivity contribution is 7.17. The summed E-state index contributed by atoms with van der Waals surface area (Å²) in [5.41, 5.74) is 7.23. The van der Waals surface area contributed by atoms with E-state index >= 15 is 0 Å². The Labute approximate surface area is 186 Å². The van der Waals surface area contributed by atoms with Crippen LogP contribution in [0.4, 0.5) is 15.5 Å². The van der Waals surface area contributed by atoms with Gasteiger partial charge in [-0.3, -0.25) is 24.1 Å². The van der Waals surface area contributed by atoms with Crippen LogP contribution in [0.2, 0.25) is 0 Å². The zero-order valence-corrected chi connectivity index (χ0v) is 18.0. The number of thiophene rings is 1. The maximum Gasteiger partial charge on any atom is 0.409 e. The quantitative estimate of drug-likeness (QED) is 0.674. The van der Waals surface area contributed by atoms with Crippen molar-refractivity contribution in [2.45, 2.75) is 25.8 Å². The Morgan fingerprint density at radius 2 is 1.72 bits per heavy atom. The number of methoxy groups -OCH3 is 1. The molecule has 32 heavy (non-hydrogen) atoms. The molecule has 11 heteroatoms. The van der Waals surface area contributed by atoms with Crippen LogP contribution in [0, 0.1) is 0 Å². The lowest BCUT2D eigenvalue weighted by Gasteiger charge is -2.25. The van der Waals surface area contributed by atoms with Crippen molar-refractivity contribution in [3.8, 4) is 0 Å². The number of amides is 5. The minimum Gasteiger partial charge on any atom is -0.453 e. The van der Waals surface area contributed by atoms with Gasteiger partial charge in [-0.05, 0) is 36.2 Å². The van der Waals surface area contributed by atoms with Gasteiger partial charge in [0.25, 0.3) is 11.8 Å². The fraction of sp³-hybridized carbons (Fsp3) is 0.286. The molecule has 2 aliphatic rings. The summed E-state index contributed by atoms with van der Waals surface area (Å²) in [6.45, 7) is 0.634. The number of hydrogen-bond donors (Lipinski definition) is 2. The van der Waals surface area contributed by atoms with Gasteiger partial charge in [0.2, 0.25) is 11.8 Å². The maximum atomic E-state index is 12.8. The molecule has 0 spiro atoms. The highest BCUT2D eigenvalue weighted by atomic mass is 32.1. The fourth-order valence-corrected chi connectivity index (χ4v) is 5.10. The van der Waals surface area contributed by atoms with Gasteiger partial charge in [-0.25, -0.2) is 4.79 Å². The van der Waals surface area contributed by atoms with Crippen LogP contribution in [-0.4, -0.2) is 48.3 Å². The molecule has 2 aromatic rings. The van der Waals surface area contributed by atoms with Crippen LogP contribution in [-0.2, 0) is 27.3 Å². The summed E-state index contributed by atoms with van der Waals surface area (Å²) in [7, 11) is 1.30. The first-order valence-corrected chi connectivity index (χ1v) is 10.7. The number of primary amides is 1. The van der Waals surface area contributed by atoms with E-state index in [-0.39, 0.29) is 42.3 Å². The van der Waals surface area contributed by atoms with Crippen LogP contribution in [0.1, 0.15) is 44.0 Å². The van der Waals surface area contributed by atoms with Crippen molar-refractivity contribution in [1.29, 1.82) is 0 Å². The number of hydrogen-bond acceptors (Lipinski definition) is 7. The molecule has 166 valence electrons. The number of rotatable bonds is 4. The number of carbonyl (C=O) groups is 5. The predicted octanol–water partition coefficient (Wildman–Crippen LogP) is 1.88. The lowest BCUT2D eigenvalue weighted by molar-refractivity contribution is -0.121. The second-order valence-electron chi connectivity index (χ2n) is 7.34. The lowest BCUT2D eigenvalue weighted by Crippen LogP contribution is -2.35. The molecule has 3 N–H and O–H groups in total. The van der Waals surface area contributed by atoms with E-state index < -0.39 is 17.9 Å². The SMILES string of the molecule is COC(=O)N1CCc2c(sc(NC(=O)c3ccc(N4C(=O)CCC4=O)cc3)c2C(N)=O)C1. The van der Waals surface area contributed by atoms with Crippen LogP contribution in [0.3, 0.4) is 0 Å². The van der Waals surface area contributed by atoms with Crippen molar-refractivity contribution < 1.29 is 28.7 Å². The zero-order valence-electron chi connectivity index (χ0n) is 17.2. The minimum atomic E-state index is -0.661. The monoisotopic (exact) mass is 456 g/mol. The van der Waals surface area contributed by atoms with Gasteiger partial charge in [0.15, 0.2) is 0 Å². The maximum absolute atomic E-state index is 12.8. The van der Waals surface area contributed by atoms with Gasteiger partial charge < -0.3 is 20.7 Å². The van der Waals surface area contributed by atoms with Gasteiger partial charge in [0.1, 0.15) is 5.00 Å². The molecule has 3 heterocycles. The first kappa shape index (κ1) is 21.5. The summed E-state index contributed by atoms with van der Waals surface area (Å²) in [6, 6.07) is 6.05. The van der Waals surface area contributed by atoms with E-state index in [2.05, 4.69) is 5.32 Å². The van der Waals surface area contributed by atoms with Gasteiger partial charge in [-0.2, -0.15) is 0 Å². The predicted molar refractivity (Wildman–Crippen MR) is 115 cm³/mol. The summed E-state index contributed by atoms with van der Waals surface area (Å²) in [5, 5.41) is 3.04. The summed E-state index contributed by atoms with van der Waals surface area (Å²) >= 11 is 1.19. The Morgan fingerprint density at radius 3 is 2.31 bits per heavy atom. The lowest BCUT2D eigenvalue weighted by atomic mass is 10.0. The second kappa shape index (κ2) is 8.42. The molecule has 5 amide bonds. The number of nitrogens with zero attached hydrogens (tertiary/aromatic N) is 2. The van der Waals surface area contributed by atoms with E-state index in [1.165, 1.54) is 47.6 Å². The molecule has 0 saturated carbocycles.